The number of aromatic nitrogens is 1. The van der Waals surface area contributed by atoms with Gasteiger partial charge in [-0.05, 0) is 26.0 Å². The quantitative estimate of drug-likeness (QED) is 0.763. The van der Waals surface area contributed by atoms with Crippen molar-refractivity contribution in [3.63, 3.8) is 0 Å². The SMILES string of the molecule is CC(C)OC(=O)CCNC(=O)c1cccnc1S(=O)(=O)C(F)(F)F. The lowest BCUT2D eigenvalue weighted by atomic mass is 10.2. The summed E-state index contributed by atoms with van der Waals surface area (Å²) < 4.78 is 65.6. The van der Waals surface area contributed by atoms with E-state index in [9.17, 15) is 31.2 Å². The fraction of sp³-hybridized carbons (Fsp3) is 0.462. The Morgan fingerprint density at radius 1 is 1.33 bits per heavy atom. The van der Waals surface area contributed by atoms with Crippen molar-refractivity contribution < 1.29 is 35.9 Å². The number of carbonyl (C=O) groups is 2. The van der Waals surface area contributed by atoms with Gasteiger partial charge in [-0.25, -0.2) is 13.4 Å². The number of alkyl halides is 3. The van der Waals surface area contributed by atoms with E-state index in [1.54, 1.807) is 13.8 Å². The van der Waals surface area contributed by atoms with Gasteiger partial charge in [-0.1, -0.05) is 0 Å². The molecule has 7 nitrogen and oxygen atoms in total. The van der Waals surface area contributed by atoms with Crippen molar-refractivity contribution >= 4 is 21.7 Å². The van der Waals surface area contributed by atoms with Crippen LogP contribution in [0.4, 0.5) is 13.2 Å². The van der Waals surface area contributed by atoms with Crippen molar-refractivity contribution in [1.29, 1.82) is 0 Å². The Hall–Kier alpha value is -2.17. The number of hydrogen-bond acceptors (Lipinski definition) is 6. The van der Waals surface area contributed by atoms with Crippen LogP contribution in [0.5, 0.6) is 0 Å². The molecule has 24 heavy (non-hydrogen) atoms. The second-order valence-corrected chi connectivity index (χ2v) is 6.71. The first-order valence-corrected chi connectivity index (χ1v) is 8.19. The zero-order valence-electron chi connectivity index (χ0n) is 12.8. The van der Waals surface area contributed by atoms with Crippen molar-refractivity contribution in [2.45, 2.75) is 36.9 Å². The van der Waals surface area contributed by atoms with E-state index in [1.807, 2.05) is 0 Å². The monoisotopic (exact) mass is 368 g/mol. The van der Waals surface area contributed by atoms with Gasteiger partial charge in [0.2, 0.25) is 0 Å². The van der Waals surface area contributed by atoms with E-state index in [4.69, 9.17) is 4.74 Å². The zero-order valence-corrected chi connectivity index (χ0v) is 13.6. The van der Waals surface area contributed by atoms with Crippen LogP contribution in [0.15, 0.2) is 23.4 Å². The lowest BCUT2D eigenvalue weighted by molar-refractivity contribution is -0.147. The summed E-state index contributed by atoms with van der Waals surface area (Å²) in [6, 6.07) is 2.02. The Balaban J connectivity index is 2.89. The molecule has 0 aliphatic carbocycles. The summed E-state index contributed by atoms with van der Waals surface area (Å²) in [4.78, 5) is 26.4. The van der Waals surface area contributed by atoms with Crippen molar-refractivity contribution in [1.82, 2.24) is 10.3 Å². The number of carbonyl (C=O) groups excluding carboxylic acids is 2. The van der Waals surface area contributed by atoms with E-state index < -0.39 is 37.8 Å². The number of halogens is 3. The third kappa shape index (κ3) is 4.91. The second kappa shape index (κ2) is 7.60. The molecular formula is C13H15F3N2O5S. The van der Waals surface area contributed by atoms with Crippen molar-refractivity contribution in [2.24, 2.45) is 0 Å². The van der Waals surface area contributed by atoms with Gasteiger partial charge in [0.1, 0.15) is 0 Å². The molecule has 0 aliphatic rings. The number of nitrogens with one attached hydrogen (secondary N) is 1. The van der Waals surface area contributed by atoms with Gasteiger partial charge in [0.25, 0.3) is 15.7 Å². The van der Waals surface area contributed by atoms with Crippen LogP contribution in [0.25, 0.3) is 0 Å². The number of rotatable bonds is 6. The third-order valence-electron chi connectivity index (χ3n) is 2.56. The van der Waals surface area contributed by atoms with Crippen LogP contribution >= 0.6 is 0 Å². The summed E-state index contributed by atoms with van der Waals surface area (Å²) in [6.07, 6.45) is 0.260. The molecule has 134 valence electrons. The molecule has 0 saturated carbocycles. The maximum absolute atomic E-state index is 12.6. The summed E-state index contributed by atoms with van der Waals surface area (Å²) in [5.41, 5.74) is -6.34. The van der Waals surface area contributed by atoms with Crippen LogP contribution in [-0.4, -0.2) is 43.4 Å². The van der Waals surface area contributed by atoms with E-state index in [1.165, 1.54) is 0 Å². The van der Waals surface area contributed by atoms with Gasteiger partial charge in [0, 0.05) is 12.7 Å². The van der Waals surface area contributed by atoms with Crippen molar-refractivity contribution in [2.75, 3.05) is 6.54 Å². The summed E-state index contributed by atoms with van der Waals surface area (Å²) in [7, 11) is -5.77. The van der Waals surface area contributed by atoms with E-state index in [2.05, 4.69) is 10.3 Å². The Kier molecular flexibility index (Phi) is 6.29. The molecule has 0 saturated heterocycles. The van der Waals surface area contributed by atoms with E-state index >= 15 is 0 Å². The summed E-state index contributed by atoms with van der Waals surface area (Å²) in [5.74, 6) is -1.71. The molecule has 1 rings (SSSR count). The minimum Gasteiger partial charge on any atom is -0.463 e. The van der Waals surface area contributed by atoms with Gasteiger partial charge in [-0.2, -0.15) is 13.2 Å². The summed E-state index contributed by atoms with van der Waals surface area (Å²) in [6.45, 7) is 3.02. The van der Waals surface area contributed by atoms with Gasteiger partial charge in [0.15, 0.2) is 5.03 Å². The number of pyridine rings is 1. The van der Waals surface area contributed by atoms with Gasteiger partial charge in [0.05, 0.1) is 18.1 Å². The first-order valence-electron chi connectivity index (χ1n) is 6.71. The number of nitrogens with zero attached hydrogens (tertiary/aromatic N) is 1. The van der Waals surface area contributed by atoms with Gasteiger partial charge in [-0.3, -0.25) is 9.59 Å². The van der Waals surface area contributed by atoms with Crippen molar-refractivity contribution in [3.05, 3.63) is 23.9 Å². The standard InChI is InChI=1S/C13H15F3N2O5S/c1-8(2)23-10(19)5-7-17-11(20)9-4-3-6-18-12(9)24(21,22)13(14,15)16/h3-4,6,8H,5,7H2,1-2H3,(H,17,20). The molecule has 0 unspecified atom stereocenters. The molecule has 0 radical (unpaired) electrons. The van der Waals surface area contributed by atoms with Gasteiger partial charge < -0.3 is 10.1 Å². The molecule has 11 heteroatoms. The Bertz CT molecular complexity index is 717. The van der Waals surface area contributed by atoms with Crippen LogP contribution in [-0.2, 0) is 19.4 Å². The molecule has 1 heterocycles. The van der Waals surface area contributed by atoms with Crippen LogP contribution in [0.1, 0.15) is 30.6 Å². The molecule has 0 bridgehead atoms. The molecule has 0 aliphatic heterocycles. The lowest BCUT2D eigenvalue weighted by Gasteiger charge is -2.12. The average Bonchev–Trinajstić information content (AvgIpc) is 2.45. The van der Waals surface area contributed by atoms with Gasteiger partial charge >= 0.3 is 11.5 Å². The maximum Gasteiger partial charge on any atom is 0.503 e. The third-order valence-corrected chi connectivity index (χ3v) is 4.00. The average molecular weight is 368 g/mol. The molecule has 0 spiro atoms. The van der Waals surface area contributed by atoms with Crippen LogP contribution < -0.4 is 5.32 Å². The first-order chi connectivity index (χ1) is 11.0. The maximum atomic E-state index is 12.6. The van der Waals surface area contributed by atoms with Gasteiger partial charge in [-0.15, -0.1) is 0 Å². The van der Waals surface area contributed by atoms with Crippen molar-refractivity contribution in [3.8, 4) is 0 Å². The summed E-state index contributed by atoms with van der Waals surface area (Å²) in [5, 5.41) is 0.766. The molecule has 0 atom stereocenters. The Labute approximate surface area is 136 Å². The zero-order chi connectivity index (χ0) is 18.5. The number of esters is 1. The molecule has 0 aromatic carbocycles. The number of sulfone groups is 1. The Morgan fingerprint density at radius 3 is 2.50 bits per heavy atom. The molecule has 1 aromatic rings. The van der Waals surface area contributed by atoms with Crippen LogP contribution in [0, 0.1) is 0 Å². The molecular weight excluding hydrogens is 353 g/mol. The highest BCUT2D eigenvalue weighted by Gasteiger charge is 2.49. The van der Waals surface area contributed by atoms with E-state index in [0.29, 0.717) is 0 Å². The largest absolute Gasteiger partial charge is 0.503 e. The highest BCUT2D eigenvalue weighted by atomic mass is 32.2. The normalized spacial score (nSPS) is 12.1. The first kappa shape index (κ1) is 19.9. The fourth-order valence-electron chi connectivity index (χ4n) is 1.58. The van der Waals surface area contributed by atoms with Crippen LogP contribution in [0.3, 0.4) is 0 Å². The minimum atomic E-state index is -5.77. The fourth-order valence-corrected chi connectivity index (χ4v) is 2.45. The number of amides is 1. The predicted octanol–water partition coefficient (Wildman–Crippen LogP) is 1.45. The Morgan fingerprint density at radius 2 is 1.96 bits per heavy atom. The predicted molar refractivity (Wildman–Crippen MR) is 75.7 cm³/mol. The molecule has 1 aromatic heterocycles. The molecule has 1 N–H and O–H groups in total. The van der Waals surface area contributed by atoms with E-state index in [-0.39, 0.29) is 19.1 Å². The molecule has 0 fully saturated rings. The number of hydrogen-bond donors (Lipinski definition) is 1. The highest BCUT2D eigenvalue weighted by molar-refractivity contribution is 7.92. The topological polar surface area (TPSA) is 102 Å². The second-order valence-electron chi connectivity index (χ2n) is 4.85. The highest BCUT2D eigenvalue weighted by Crippen LogP contribution is 2.30. The smallest absolute Gasteiger partial charge is 0.463 e. The molecule has 1 amide bonds. The van der Waals surface area contributed by atoms with Crippen LogP contribution in [0.2, 0.25) is 0 Å². The lowest BCUT2D eigenvalue weighted by Crippen LogP contribution is -2.31. The number of ether oxygens (including phenoxy) is 1. The van der Waals surface area contributed by atoms with E-state index in [0.717, 1.165) is 18.3 Å². The minimum absolute atomic E-state index is 0.217. The summed E-state index contributed by atoms with van der Waals surface area (Å²) >= 11 is 0.